The Kier molecular flexibility index (Phi) is 10.2. The van der Waals surface area contributed by atoms with Crippen LogP contribution in [0, 0.1) is 12.3 Å². The van der Waals surface area contributed by atoms with Gasteiger partial charge in [0.15, 0.2) is 0 Å². The number of benzene rings is 1. The molecule has 0 spiro atoms. The van der Waals surface area contributed by atoms with E-state index >= 15 is 0 Å². The molecule has 0 unspecified atom stereocenters. The van der Waals surface area contributed by atoms with Gasteiger partial charge in [-0.25, -0.2) is 4.98 Å². The summed E-state index contributed by atoms with van der Waals surface area (Å²) in [6.07, 6.45) is 4.06. The second kappa shape index (κ2) is 13.6. The number of nitrogens with zero attached hydrogens (tertiary/aromatic N) is 3. The fourth-order valence-corrected chi connectivity index (χ4v) is 5.80. The van der Waals surface area contributed by atoms with Crippen LogP contribution in [-0.2, 0) is 32.1 Å². The number of pyridine rings is 1. The lowest BCUT2D eigenvalue weighted by molar-refractivity contribution is -0.144. The van der Waals surface area contributed by atoms with Crippen LogP contribution in [0.3, 0.4) is 0 Å². The monoisotopic (exact) mass is 596 g/mol. The molecule has 42 heavy (non-hydrogen) atoms. The number of fused-ring (bicyclic) bond motifs is 1. The summed E-state index contributed by atoms with van der Waals surface area (Å²) >= 11 is 6.05. The lowest BCUT2D eigenvalue weighted by atomic mass is 9.84. The molecule has 1 aromatic carbocycles. The number of aromatic nitrogens is 1. The van der Waals surface area contributed by atoms with Gasteiger partial charge in [0.2, 0.25) is 23.6 Å². The average Bonchev–Trinajstić information content (AvgIpc) is 2.96. The summed E-state index contributed by atoms with van der Waals surface area (Å²) in [6.45, 7) is 7.89. The van der Waals surface area contributed by atoms with E-state index in [1.54, 1.807) is 13.0 Å². The Bertz CT molecular complexity index is 1330. The molecule has 4 N–H and O–H groups in total. The second-order valence-electron chi connectivity index (χ2n) is 12.0. The smallest absolute Gasteiger partial charge is 0.248 e. The molecular formula is C31H41ClN6O4. The van der Waals surface area contributed by atoms with Gasteiger partial charge in [-0.2, -0.15) is 0 Å². The van der Waals surface area contributed by atoms with Gasteiger partial charge in [-0.3, -0.25) is 19.2 Å². The molecule has 0 radical (unpaired) electrons. The molecule has 3 heterocycles. The lowest BCUT2D eigenvalue weighted by Crippen LogP contribution is -2.56. The van der Waals surface area contributed by atoms with Gasteiger partial charge in [0.25, 0.3) is 0 Å². The zero-order valence-electron chi connectivity index (χ0n) is 24.6. The quantitative estimate of drug-likeness (QED) is 0.406. The van der Waals surface area contributed by atoms with E-state index in [2.05, 4.69) is 29.5 Å². The molecule has 2 aliphatic rings. The third-order valence-electron chi connectivity index (χ3n) is 8.06. The van der Waals surface area contributed by atoms with Gasteiger partial charge in [-0.05, 0) is 60.9 Å². The predicted molar refractivity (Wildman–Crippen MR) is 162 cm³/mol. The van der Waals surface area contributed by atoms with Crippen LogP contribution in [0.2, 0.25) is 5.02 Å². The number of nitrogens with two attached hydrogens (primary N) is 1. The van der Waals surface area contributed by atoms with Crippen LogP contribution in [0.4, 0.5) is 5.82 Å². The summed E-state index contributed by atoms with van der Waals surface area (Å²) < 4.78 is 0. The molecule has 11 heteroatoms. The summed E-state index contributed by atoms with van der Waals surface area (Å²) in [4.78, 5) is 60.8. The van der Waals surface area contributed by atoms with Crippen molar-refractivity contribution in [3.05, 3.63) is 58.2 Å². The van der Waals surface area contributed by atoms with Crippen molar-refractivity contribution < 1.29 is 19.2 Å². The molecule has 1 saturated heterocycles. The van der Waals surface area contributed by atoms with Gasteiger partial charge in [-0.1, -0.05) is 49.7 Å². The van der Waals surface area contributed by atoms with E-state index in [0.29, 0.717) is 30.4 Å². The summed E-state index contributed by atoms with van der Waals surface area (Å²) in [5.74, 6) is -0.915. The van der Waals surface area contributed by atoms with Crippen molar-refractivity contribution in [1.29, 1.82) is 0 Å². The summed E-state index contributed by atoms with van der Waals surface area (Å²) in [5, 5.41) is 6.02. The first-order chi connectivity index (χ1) is 20.0. The Hall–Kier alpha value is -3.50. The van der Waals surface area contributed by atoms with E-state index in [-0.39, 0.29) is 49.6 Å². The third kappa shape index (κ3) is 7.86. The molecule has 2 atom stereocenters. The standard InChI is InChI=1S/C31H41ClN6O4/c1-20-15-26(34-17-23(20)32)36-29(41)24(11-13-33)35-30(42)25-16-21-7-4-5-8-22(21)18-38(25)28(40)10-9-27(39)37-14-6-12-31(2,3)19-37/h4-5,7-8,15,17,24-25H,6,9-14,16,18-19,33H2,1-3H3,(H,35,42)(H,34,36,41)/t24-,25-/m0/s1. The topological polar surface area (TPSA) is 138 Å². The van der Waals surface area contributed by atoms with Gasteiger partial charge in [0.05, 0.1) is 5.02 Å². The van der Waals surface area contributed by atoms with Gasteiger partial charge in [0, 0.05) is 45.1 Å². The fraction of sp³-hybridized carbons (Fsp3) is 0.516. The Balaban J connectivity index is 1.46. The van der Waals surface area contributed by atoms with Crippen LogP contribution in [0.15, 0.2) is 36.5 Å². The molecule has 10 nitrogen and oxygen atoms in total. The van der Waals surface area contributed by atoms with Gasteiger partial charge >= 0.3 is 0 Å². The number of rotatable bonds is 9. The normalized spacial score (nSPS) is 18.5. The zero-order chi connectivity index (χ0) is 30.4. The molecule has 0 aliphatic carbocycles. The number of piperidine rings is 1. The maximum Gasteiger partial charge on any atom is 0.248 e. The Labute approximate surface area is 252 Å². The minimum atomic E-state index is -0.932. The SMILES string of the molecule is Cc1cc(NC(=O)[C@H](CCN)NC(=O)[C@@H]2Cc3ccccc3CN2C(=O)CCC(=O)N2CCCC(C)(C)C2)ncc1Cl. The van der Waals surface area contributed by atoms with Crippen LogP contribution in [-0.4, -0.2) is 70.1 Å². The van der Waals surface area contributed by atoms with Crippen molar-refractivity contribution >= 4 is 41.0 Å². The average molecular weight is 597 g/mol. The summed E-state index contributed by atoms with van der Waals surface area (Å²) in [5.41, 5.74) is 8.51. The number of carbonyl (C=O) groups excluding carboxylic acids is 4. The molecular weight excluding hydrogens is 556 g/mol. The minimum Gasteiger partial charge on any atom is -0.342 e. The zero-order valence-corrected chi connectivity index (χ0v) is 25.4. The number of likely N-dealkylation sites (tertiary alicyclic amines) is 1. The number of carbonyl (C=O) groups is 4. The fourth-order valence-electron chi connectivity index (χ4n) is 5.70. The number of hydrogen-bond acceptors (Lipinski definition) is 6. The molecule has 0 saturated carbocycles. The van der Waals surface area contributed by atoms with Crippen LogP contribution in [0.1, 0.15) is 62.6 Å². The second-order valence-corrected chi connectivity index (χ2v) is 12.4. The van der Waals surface area contributed by atoms with Crippen molar-refractivity contribution in [3.8, 4) is 0 Å². The maximum absolute atomic E-state index is 13.7. The van der Waals surface area contributed by atoms with Crippen LogP contribution >= 0.6 is 11.6 Å². The van der Waals surface area contributed by atoms with Crippen molar-refractivity contribution in [3.63, 3.8) is 0 Å². The van der Waals surface area contributed by atoms with Crippen molar-refractivity contribution in [1.82, 2.24) is 20.1 Å². The van der Waals surface area contributed by atoms with Crippen molar-refractivity contribution in [2.45, 2.75) is 77.9 Å². The largest absolute Gasteiger partial charge is 0.342 e. The first-order valence-corrected chi connectivity index (χ1v) is 14.9. The molecule has 1 fully saturated rings. The number of nitrogens with one attached hydrogen (secondary N) is 2. The number of aryl methyl sites for hydroxylation is 1. The Morgan fingerprint density at radius 1 is 1.14 bits per heavy atom. The number of anilines is 1. The highest BCUT2D eigenvalue weighted by atomic mass is 35.5. The van der Waals surface area contributed by atoms with Crippen molar-refractivity contribution in [2.24, 2.45) is 11.1 Å². The van der Waals surface area contributed by atoms with E-state index in [0.717, 1.165) is 29.5 Å². The molecule has 4 rings (SSSR count). The first kappa shape index (κ1) is 31.4. The van der Waals surface area contributed by atoms with Crippen LogP contribution in [0.25, 0.3) is 0 Å². The summed E-state index contributed by atoms with van der Waals surface area (Å²) in [6, 6.07) is 7.56. The number of amides is 4. The van der Waals surface area contributed by atoms with Gasteiger partial charge < -0.3 is 26.2 Å². The summed E-state index contributed by atoms with van der Waals surface area (Å²) in [7, 11) is 0. The third-order valence-corrected chi connectivity index (χ3v) is 8.46. The molecule has 2 aromatic rings. The molecule has 2 aliphatic heterocycles. The molecule has 226 valence electrons. The molecule has 4 amide bonds. The highest BCUT2D eigenvalue weighted by molar-refractivity contribution is 6.31. The highest BCUT2D eigenvalue weighted by Gasteiger charge is 2.37. The number of hydrogen-bond donors (Lipinski definition) is 3. The van der Waals surface area contributed by atoms with Gasteiger partial charge in [-0.15, -0.1) is 0 Å². The molecule has 0 bridgehead atoms. The predicted octanol–water partition coefficient (Wildman–Crippen LogP) is 3.20. The van der Waals surface area contributed by atoms with Crippen LogP contribution in [0.5, 0.6) is 0 Å². The lowest BCUT2D eigenvalue weighted by Gasteiger charge is -2.38. The maximum atomic E-state index is 13.7. The van der Waals surface area contributed by atoms with E-state index < -0.39 is 23.9 Å². The Morgan fingerprint density at radius 2 is 1.86 bits per heavy atom. The van der Waals surface area contributed by atoms with Crippen LogP contribution < -0.4 is 16.4 Å². The highest BCUT2D eigenvalue weighted by Crippen LogP contribution is 2.29. The Morgan fingerprint density at radius 3 is 2.55 bits per heavy atom. The molecule has 1 aromatic heterocycles. The van der Waals surface area contributed by atoms with E-state index in [1.807, 2.05) is 29.2 Å². The van der Waals surface area contributed by atoms with E-state index in [9.17, 15) is 19.2 Å². The first-order valence-electron chi connectivity index (χ1n) is 14.5. The van der Waals surface area contributed by atoms with Gasteiger partial charge in [0.1, 0.15) is 17.9 Å². The van der Waals surface area contributed by atoms with Crippen molar-refractivity contribution in [2.75, 3.05) is 25.0 Å². The number of halogens is 1. The van der Waals surface area contributed by atoms with E-state index in [1.165, 1.54) is 11.1 Å². The van der Waals surface area contributed by atoms with E-state index in [4.69, 9.17) is 17.3 Å². The minimum absolute atomic E-state index is 0.00993.